The van der Waals surface area contributed by atoms with E-state index in [0.29, 0.717) is 17.8 Å². The first-order valence-corrected chi connectivity index (χ1v) is 6.90. The molecule has 0 saturated heterocycles. The number of aromatic nitrogens is 1. The average molecular weight is 262 g/mol. The Hall–Kier alpha value is -1.62. The Bertz CT molecular complexity index is 441. The van der Waals surface area contributed by atoms with E-state index in [0.717, 1.165) is 37.9 Å². The van der Waals surface area contributed by atoms with E-state index in [2.05, 4.69) is 16.8 Å². The number of carbonyl (C=O) groups excluding carboxylic acids is 1. The standard InChI is InChI=1S/C14H22N4O/c1-2-18(11-5-3-10(15)4-6-11)12-7-8-17-13(9-12)14(16)19/h7-11H,2-6,15H2,1H3,(H2,16,19). The zero-order chi connectivity index (χ0) is 13.8. The number of hydrogen-bond acceptors (Lipinski definition) is 4. The van der Waals surface area contributed by atoms with Crippen molar-refractivity contribution in [3.8, 4) is 0 Å². The number of primary amides is 1. The number of anilines is 1. The number of nitrogens with two attached hydrogens (primary N) is 2. The molecule has 1 saturated carbocycles. The zero-order valence-corrected chi connectivity index (χ0v) is 11.4. The maximum atomic E-state index is 11.2. The topological polar surface area (TPSA) is 85.2 Å². The van der Waals surface area contributed by atoms with Gasteiger partial charge in [0, 0.05) is 30.5 Å². The van der Waals surface area contributed by atoms with Gasteiger partial charge in [-0.05, 0) is 44.7 Å². The van der Waals surface area contributed by atoms with E-state index in [9.17, 15) is 4.79 Å². The lowest BCUT2D eigenvalue weighted by atomic mass is 9.90. The van der Waals surface area contributed by atoms with Crippen LogP contribution >= 0.6 is 0 Å². The molecule has 0 radical (unpaired) electrons. The third-order valence-electron chi connectivity index (χ3n) is 3.85. The number of carbonyl (C=O) groups is 1. The van der Waals surface area contributed by atoms with Crippen LogP contribution < -0.4 is 16.4 Å². The summed E-state index contributed by atoms with van der Waals surface area (Å²) in [5.74, 6) is -0.483. The third-order valence-corrected chi connectivity index (χ3v) is 3.85. The lowest BCUT2D eigenvalue weighted by Gasteiger charge is -2.37. The highest BCUT2D eigenvalue weighted by Crippen LogP contribution is 2.26. The molecule has 5 heteroatoms. The van der Waals surface area contributed by atoms with Gasteiger partial charge in [0.05, 0.1) is 0 Å². The van der Waals surface area contributed by atoms with Crippen molar-refractivity contribution in [2.75, 3.05) is 11.4 Å². The summed E-state index contributed by atoms with van der Waals surface area (Å²) in [7, 11) is 0. The van der Waals surface area contributed by atoms with Crippen molar-refractivity contribution in [3.63, 3.8) is 0 Å². The van der Waals surface area contributed by atoms with Crippen molar-refractivity contribution in [2.45, 2.75) is 44.7 Å². The molecular formula is C14H22N4O. The van der Waals surface area contributed by atoms with E-state index >= 15 is 0 Å². The number of amides is 1. The highest BCUT2D eigenvalue weighted by atomic mass is 16.1. The summed E-state index contributed by atoms with van der Waals surface area (Å²) >= 11 is 0. The maximum absolute atomic E-state index is 11.2. The summed E-state index contributed by atoms with van der Waals surface area (Å²) in [5, 5.41) is 0. The molecular weight excluding hydrogens is 240 g/mol. The van der Waals surface area contributed by atoms with Gasteiger partial charge in [0.1, 0.15) is 5.69 Å². The van der Waals surface area contributed by atoms with Crippen molar-refractivity contribution in [1.29, 1.82) is 0 Å². The van der Waals surface area contributed by atoms with Gasteiger partial charge in [-0.25, -0.2) is 0 Å². The molecule has 104 valence electrons. The predicted molar refractivity (Wildman–Crippen MR) is 76.0 cm³/mol. The number of nitrogens with zero attached hydrogens (tertiary/aromatic N) is 2. The monoisotopic (exact) mass is 262 g/mol. The Labute approximate surface area is 114 Å². The van der Waals surface area contributed by atoms with Crippen molar-refractivity contribution < 1.29 is 4.79 Å². The van der Waals surface area contributed by atoms with Gasteiger partial charge in [0.15, 0.2) is 0 Å². The molecule has 2 rings (SSSR count). The molecule has 0 unspecified atom stereocenters. The summed E-state index contributed by atoms with van der Waals surface area (Å²) in [6, 6.07) is 4.55. The van der Waals surface area contributed by atoms with Gasteiger partial charge in [0.2, 0.25) is 0 Å². The molecule has 0 aliphatic heterocycles. The van der Waals surface area contributed by atoms with E-state index in [1.807, 2.05) is 6.07 Å². The minimum Gasteiger partial charge on any atom is -0.369 e. The number of hydrogen-bond donors (Lipinski definition) is 2. The summed E-state index contributed by atoms with van der Waals surface area (Å²) < 4.78 is 0. The Kier molecular flexibility index (Phi) is 4.37. The highest BCUT2D eigenvalue weighted by molar-refractivity contribution is 5.91. The first-order valence-electron chi connectivity index (χ1n) is 6.90. The van der Waals surface area contributed by atoms with Crippen LogP contribution in [0.25, 0.3) is 0 Å². The normalized spacial score (nSPS) is 23.1. The van der Waals surface area contributed by atoms with Crippen LogP contribution in [0.4, 0.5) is 5.69 Å². The first-order chi connectivity index (χ1) is 9.11. The highest BCUT2D eigenvalue weighted by Gasteiger charge is 2.24. The van der Waals surface area contributed by atoms with Gasteiger partial charge in [0.25, 0.3) is 5.91 Å². The molecule has 1 aliphatic carbocycles. The average Bonchev–Trinajstić information content (AvgIpc) is 2.42. The van der Waals surface area contributed by atoms with E-state index < -0.39 is 5.91 Å². The Balaban J connectivity index is 2.17. The molecule has 1 heterocycles. The molecule has 5 nitrogen and oxygen atoms in total. The van der Waals surface area contributed by atoms with Crippen molar-refractivity contribution in [1.82, 2.24) is 4.98 Å². The summed E-state index contributed by atoms with van der Waals surface area (Å²) in [6.07, 6.45) is 5.98. The van der Waals surface area contributed by atoms with Gasteiger partial charge in [-0.2, -0.15) is 0 Å². The van der Waals surface area contributed by atoms with Crippen LogP contribution in [-0.2, 0) is 0 Å². The van der Waals surface area contributed by atoms with Crippen LogP contribution in [0.5, 0.6) is 0 Å². The predicted octanol–water partition coefficient (Wildman–Crippen LogP) is 1.28. The minimum atomic E-state index is -0.483. The smallest absolute Gasteiger partial charge is 0.267 e. The quantitative estimate of drug-likeness (QED) is 0.856. The van der Waals surface area contributed by atoms with E-state index in [4.69, 9.17) is 11.5 Å². The molecule has 1 aromatic rings. The molecule has 0 spiro atoms. The van der Waals surface area contributed by atoms with Gasteiger partial charge in [-0.1, -0.05) is 0 Å². The molecule has 4 N–H and O–H groups in total. The van der Waals surface area contributed by atoms with Crippen LogP contribution in [0.15, 0.2) is 18.3 Å². The van der Waals surface area contributed by atoms with Gasteiger partial charge < -0.3 is 16.4 Å². The summed E-state index contributed by atoms with van der Waals surface area (Å²) in [6.45, 7) is 3.03. The minimum absolute atomic E-state index is 0.323. The fourth-order valence-electron chi connectivity index (χ4n) is 2.80. The first kappa shape index (κ1) is 13.8. The van der Waals surface area contributed by atoms with Crippen LogP contribution in [0.3, 0.4) is 0 Å². The van der Waals surface area contributed by atoms with Crippen LogP contribution in [0, 0.1) is 0 Å². The summed E-state index contributed by atoms with van der Waals surface area (Å²) in [5.41, 5.74) is 12.6. The molecule has 1 amide bonds. The van der Waals surface area contributed by atoms with E-state index in [1.54, 1.807) is 12.3 Å². The van der Waals surface area contributed by atoms with Crippen LogP contribution in [0.2, 0.25) is 0 Å². The van der Waals surface area contributed by atoms with Crippen molar-refractivity contribution in [2.24, 2.45) is 11.5 Å². The molecule has 1 fully saturated rings. The van der Waals surface area contributed by atoms with Gasteiger partial charge in [-0.15, -0.1) is 0 Å². The van der Waals surface area contributed by atoms with Gasteiger partial charge in [-0.3, -0.25) is 9.78 Å². The lowest BCUT2D eigenvalue weighted by Crippen LogP contribution is -2.41. The SMILES string of the molecule is CCN(c1ccnc(C(N)=O)c1)C1CCC(N)CC1. The molecule has 0 aromatic carbocycles. The second-order valence-electron chi connectivity index (χ2n) is 5.12. The molecule has 1 aliphatic rings. The second-order valence-corrected chi connectivity index (χ2v) is 5.12. The molecule has 1 aromatic heterocycles. The second kappa shape index (κ2) is 6.02. The summed E-state index contributed by atoms with van der Waals surface area (Å²) in [4.78, 5) is 17.5. The number of rotatable bonds is 4. The molecule has 0 atom stereocenters. The fraction of sp³-hybridized carbons (Fsp3) is 0.571. The molecule has 0 bridgehead atoms. The van der Waals surface area contributed by atoms with E-state index in [1.165, 1.54) is 0 Å². The lowest BCUT2D eigenvalue weighted by molar-refractivity contribution is 0.0995. The Morgan fingerprint density at radius 3 is 2.68 bits per heavy atom. The number of pyridine rings is 1. The Morgan fingerprint density at radius 1 is 1.42 bits per heavy atom. The Morgan fingerprint density at radius 2 is 2.11 bits per heavy atom. The molecule has 19 heavy (non-hydrogen) atoms. The van der Waals surface area contributed by atoms with Gasteiger partial charge >= 0.3 is 0 Å². The third kappa shape index (κ3) is 3.23. The van der Waals surface area contributed by atoms with Crippen molar-refractivity contribution >= 4 is 11.6 Å². The van der Waals surface area contributed by atoms with Crippen LogP contribution in [0.1, 0.15) is 43.1 Å². The zero-order valence-electron chi connectivity index (χ0n) is 11.4. The van der Waals surface area contributed by atoms with Crippen LogP contribution in [-0.4, -0.2) is 29.5 Å². The van der Waals surface area contributed by atoms with Crippen molar-refractivity contribution in [3.05, 3.63) is 24.0 Å². The maximum Gasteiger partial charge on any atom is 0.267 e. The largest absolute Gasteiger partial charge is 0.369 e. The fourth-order valence-corrected chi connectivity index (χ4v) is 2.80. The van der Waals surface area contributed by atoms with E-state index in [-0.39, 0.29) is 0 Å².